The van der Waals surface area contributed by atoms with Gasteiger partial charge in [0.2, 0.25) is 5.96 Å². The number of carbonyl (C=O) groups excluding carboxylic acids is 2. The Bertz CT molecular complexity index is 842. The summed E-state index contributed by atoms with van der Waals surface area (Å²) in [5.74, 6) is -0.460. The summed E-state index contributed by atoms with van der Waals surface area (Å²) in [4.78, 5) is 27.6. The van der Waals surface area contributed by atoms with Crippen LogP contribution in [0.25, 0.3) is 0 Å². The normalized spacial score (nSPS) is 13.5. The van der Waals surface area contributed by atoms with E-state index in [0.717, 1.165) is 5.56 Å². The Hall–Kier alpha value is -2.62. The highest BCUT2D eigenvalue weighted by molar-refractivity contribution is 7.90. The first-order valence-electron chi connectivity index (χ1n) is 9.19. The van der Waals surface area contributed by atoms with Crippen molar-refractivity contribution in [2.75, 3.05) is 6.54 Å². The van der Waals surface area contributed by atoms with Gasteiger partial charge in [-0.2, -0.15) is 0 Å². The Morgan fingerprint density at radius 2 is 1.79 bits per heavy atom. The van der Waals surface area contributed by atoms with E-state index in [1.807, 2.05) is 6.92 Å². The summed E-state index contributed by atoms with van der Waals surface area (Å²) in [6.45, 7) is 8.59. The Morgan fingerprint density at radius 3 is 2.31 bits per heavy atom. The highest BCUT2D eigenvalue weighted by Gasteiger charge is 2.21. The number of rotatable bonds is 8. The molecule has 0 saturated heterocycles. The van der Waals surface area contributed by atoms with Crippen LogP contribution in [0.4, 0.5) is 4.79 Å². The second kappa shape index (κ2) is 10.2. The number of aliphatic imine (C=N–C) groups is 1. The van der Waals surface area contributed by atoms with E-state index in [2.05, 4.69) is 15.0 Å². The van der Waals surface area contributed by atoms with E-state index in [-0.39, 0.29) is 23.2 Å². The lowest BCUT2D eigenvalue weighted by Gasteiger charge is -2.22. The highest BCUT2D eigenvalue weighted by Crippen LogP contribution is 2.10. The molecule has 0 spiro atoms. The Morgan fingerprint density at radius 1 is 1.21 bits per heavy atom. The number of hydrogen-bond donors (Lipinski definition) is 3. The quantitative estimate of drug-likeness (QED) is 0.329. The van der Waals surface area contributed by atoms with E-state index >= 15 is 0 Å². The molecular weight excluding hydrogens is 396 g/mol. The number of nitrogens with zero attached hydrogens (tertiary/aromatic N) is 1. The molecule has 9 nitrogen and oxygen atoms in total. The second-order valence-corrected chi connectivity index (χ2v) is 9.32. The van der Waals surface area contributed by atoms with Crippen molar-refractivity contribution in [2.45, 2.75) is 64.0 Å². The topological polar surface area (TPSA) is 140 Å². The number of nitrogens with one attached hydrogen (secondary N) is 2. The number of guanidine groups is 1. The fraction of sp³-hybridized carbons (Fsp3) is 0.526. The van der Waals surface area contributed by atoms with Crippen LogP contribution in [0, 0.1) is 6.92 Å². The van der Waals surface area contributed by atoms with Gasteiger partial charge in [0, 0.05) is 6.54 Å². The number of nitrogens with two attached hydrogens (primary N) is 1. The zero-order valence-corrected chi connectivity index (χ0v) is 18.3. The van der Waals surface area contributed by atoms with Crippen molar-refractivity contribution < 1.29 is 22.7 Å². The maximum absolute atomic E-state index is 12.2. The molecule has 1 aromatic carbocycles. The number of sulfonamides is 1. The molecule has 1 rings (SSSR count). The Kier molecular flexibility index (Phi) is 8.62. The number of carbonyl (C=O) groups is 2. The lowest BCUT2D eigenvalue weighted by molar-refractivity contribution is -0.119. The van der Waals surface area contributed by atoms with Crippen molar-refractivity contribution in [3.05, 3.63) is 29.8 Å². The first kappa shape index (κ1) is 24.4. The van der Waals surface area contributed by atoms with Crippen LogP contribution < -0.4 is 15.8 Å². The monoisotopic (exact) mass is 426 g/mol. The van der Waals surface area contributed by atoms with E-state index < -0.39 is 27.8 Å². The largest absolute Gasteiger partial charge is 0.444 e. The Balaban J connectivity index is 2.56. The number of aryl methyl sites for hydroxylation is 1. The minimum absolute atomic E-state index is 0.0828. The summed E-state index contributed by atoms with van der Waals surface area (Å²) in [6, 6.07) is 5.60. The SMILES string of the molecule is CC(=O)C(CCCN=C(N)NS(=O)(=O)c1ccc(C)cc1)NC(=O)OC(C)(C)C. The molecule has 0 aromatic heterocycles. The maximum Gasteiger partial charge on any atom is 0.408 e. The van der Waals surface area contributed by atoms with Gasteiger partial charge < -0.3 is 15.8 Å². The van der Waals surface area contributed by atoms with Gasteiger partial charge in [-0.05, 0) is 59.6 Å². The van der Waals surface area contributed by atoms with Crippen LogP contribution in [0.1, 0.15) is 46.1 Å². The zero-order chi connectivity index (χ0) is 22.2. The zero-order valence-electron chi connectivity index (χ0n) is 17.5. The molecule has 0 aliphatic heterocycles. The second-order valence-electron chi connectivity index (χ2n) is 7.64. The molecule has 162 valence electrons. The van der Waals surface area contributed by atoms with Crippen molar-refractivity contribution in [1.29, 1.82) is 0 Å². The first-order valence-corrected chi connectivity index (χ1v) is 10.7. The molecule has 0 aliphatic carbocycles. The van der Waals surface area contributed by atoms with Crippen LogP contribution in [-0.4, -0.2) is 44.4 Å². The molecule has 1 unspecified atom stereocenters. The summed E-state index contributed by atoms with van der Waals surface area (Å²) >= 11 is 0. The van der Waals surface area contributed by atoms with Crippen LogP contribution in [-0.2, 0) is 19.6 Å². The number of alkyl carbamates (subject to hydrolysis) is 1. The van der Waals surface area contributed by atoms with Crippen LogP contribution in [0.15, 0.2) is 34.2 Å². The fourth-order valence-electron chi connectivity index (χ4n) is 2.27. The minimum atomic E-state index is -3.81. The molecule has 0 fully saturated rings. The van der Waals surface area contributed by atoms with Gasteiger partial charge in [0.15, 0.2) is 5.78 Å². The average molecular weight is 427 g/mol. The van der Waals surface area contributed by atoms with E-state index in [1.54, 1.807) is 32.9 Å². The highest BCUT2D eigenvalue weighted by atomic mass is 32.2. The van der Waals surface area contributed by atoms with Gasteiger partial charge in [0.1, 0.15) is 5.60 Å². The van der Waals surface area contributed by atoms with Gasteiger partial charge >= 0.3 is 6.09 Å². The summed E-state index contributed by atoms with van der Waals surface area (Å²) < 4.78 is 31.8. The molecule has 0 saturated carbocycles. The van der Waals surface area contributed by atoms with Gasteiger partial charge in [0.25, 0.3) is 10.0 Å². The number of Topliss-reactive ketones (excluding diaryl/α,β-unsaturated/α-hetero) is 1. The first-order chi connectivity index (χ1) is 13.3. The van der Waals surface area contributed by atoms with Crippen molar-refractivity contribution in [3.63, 3.8) is 0 Å². The van der Waals surface area contributed by atoms with E-state index in [1.165, 1.54) is 19.1 Å². The maximum atomic E-state index is 12.2. The molecule has 0 radical (unpaired) electrons. The van der Waals surface area contributed by atoms with Crippen molar-refractivity contribution in [1.82, 2.24) is 10.0 Å². The predicted molar refractivity (Wildman–Crippen MR) is 111 cm³/mol. The third kappa shape index (κ3) is 9.42. The molecule has 1 aromatic rings. The van der Waals surface area contributed by atoms with Crippen molar-refractivity contribution in [2.24, 2.45) is 10.7 Å². The molecule has 29 heavy (non-hydrogen) atoms. The molecule has 0 heterocycles. The fourth-order valence-corrected chi connectivity index (χ4v) is 3.22. The van der Waals surface area contributed by atoms with Crippen LogP contribution in [0.5, 0.6) is 0 Å². The lowest BCUT2D eigenvalue weighted by atomic mass is 10.1. The third-order valence-corrected chi connectivity index (χ3v) is 5.06. The molecule has 10 heteroatoms. The van der Waals surface area contributed by atoms with Gasteiger partial charge in [-0.1, -0.05) is 17.7 Å². The average Bonchev–Trinajstić information content (AvgIpc) is 2.55. The number of benzene rings is 1. The molecule has 4 N–H and O–H groups in total. The number of ether oxygens (including phenoxy) is 1. The minimum Gasteiger partial charge on any atom is -0.444 e. The molecular formula is C19H30N4O5S. The summed E-state index contributed by atoms with van der Waals surface area (Å²) in [7, 11) is -3.81. The van der Waals surface area contributed by atoms with Crippen molar-refractivity contribution in [3.8, 4) is 0 Å². The van der Waals surface area contributed by atoms with Gasteiger partial charge in [-0.15, -0.1) is 0 Å². The van der Waals surface area contributed by atoms with E-state index in [9.17, 15) is 18.0 Å². The van der Waals surface area contributed by atoms with Crippen LogP contribution >= 0.6 is 0 Å². The van der Waals surface area contributed by atoms with Gasteiger partial charge in [0.05, 0.1) is 10.9 Å². The van der Waals surface area contributed by atoms with Crippen LogP contribution in [0.3, 0.4) is 0 Å². The standard InChI is InChI=1S/C19H30N4O5S/c1-13-8-10-15(11-9-13)29(26,27)23-17(20)21-12-6-7-16(14(2)24)22-18(25)28-19(3,4)5/h8-11,16H,6-7,12H2,1-5H3,(H,22,25)(H3,20,21,23). The number of ketones is 1. The molecule has 0 bridgehead atoms. The lowest BCUT2D eigenvalue weighted by Crippen LogP contribution is -2.42. The molecule has 1 amide bonds. The number of hydrogen-bond acceptors (Lipinski definition) is 6. The Labute approximate surface area is 172 Å². The molecule has 0 aliphatic rings. The summed E-state index contributed by atoms with van der Waals surface area (Å²) in [5.41, 5.74) is 5.92. The van der Waals surface area contributed by atoms with E-state index in [0.29, 0.717) is 12.8 Å². The summed E-state index contributed by atoms with van der Waals surface area (Å²) in [6.07, 6.45) is 0.0508. The van der Waals surface area contributed by atoms with Gasteiger partial charge in [-0.3, -0.25) is 9.79 Å². The predicted octanol–water partition coefficient (Wildman–Crippen LogP) is 1.85. The molecule has 1 atom stereocenters. The summed E-state index contributed by atoms with van der Waals surface area (Å²) in [5, 5.41) is 2.52. The smallest absolute Gasteiger partial charge is 0.408 e. The van der Waals surface area contributed by atoms with Gasteiger partial charge in [-0.25, -0.2) is 17.9 Å². The number of amides is 1. The third-order valence-electron chi connectivity index (χ3n) is 3.68. The van der Waals surface area contributed by atoms with E-state index in [4.69, 9.17) is 10.5 Å². The van der Waals surface area contributed by atoms with Crippen molar-refractivity contribution >= 4 is 27.9 Å². The van der Waals surface area contributed by atoms with Crippen LogP contribution in [0.2, 0.25) is 0 Å².